The molecule has 3 N–H and O–H groups in total. The van der Waals surface area contributed by atoms with Gasteiger partial charge in [-0.2, -0.15) is 0 Å². The summed E-state index contributed by atoms with van der Waals surface area (Å²) in [4.78, 5) is 24.4. The highest BCUT2D eigenvalue weighted by Gasteiger charge is 2.06. The van der Waals surface area contributed by atoms with Gasteiger partial charge in [0.05, 0.1) is 13.5 Å². The van der Waals surface area contributed by atoms with Gasteiger partial charge in [-0.3, -0.25) is 14.9 Å². The molecule has 0 aromatic heterocycles. The molecule has 0 heterocycles. The van der Waals surface area contributed by atoms with E-state index in [1.165, 1.54) is 6.08 Å². The third kappa shape index (κ3) is 7.37. The Hall–Kier alpha value is -3.97. The van der Waals surface area contributed by atoms with Crippen molar-refractivity contribution in [3.63, 3.8) is 0 Å². The van der Waals surface area contributed by atoms with Gasteiger partial charge in [-0.25, -0.2) is 0 Å². The van der Waals surface area contributed by atoms with Gasteiger partial charge < -0.3 is 15.4 Å². The van der Waals surface area contributed by atoms with Gasteiger partial charge in [-0.05, 0) is 59.8 Å². The van der Waals surface area contributed by atoms with Crippen LogP contribution in [0.15, 0.2) is 84.9 Å². The second kappa shape index (κ2) is 11.4. The number of carbonyl (C=O) groups is 2. The quantitative estimate of drug-likeness (QED) is 0.371. The fourth-order valence-electron chi connectivity index (χ4n) is 2.86. The lowest BCUT2D eigenvalue weighted by atomic mass is 10.1. The number of rotatable bonds is 7. The Morgan fingerprint density at radius 3 is 2.28 bits per heavy atom. The number of benzene rings is 3. The number of methoxy groups -OCH3 is 1. The van der Waals surface area contributed by atoms with E-state index < -0.39 is 0 Å². The molecule has 7 heteroatoms. The Labute approximate surface area is 192 Å². The summed E-state index contributed by atoms with van der Waals surface area (Å²) in [5.74, 6) is 0.272. The van der Waals surface area contributed by atoms with Crippen LogP contribution in [0.25, 0.3) is 6.08 Å². The number of ether oxygens (including phenoxy) is 1. The molecule has 0 radical (unpaired) electrons. The Bertz CT molecular complexity index is 1110. The molecular weight excluding hydrogens is 422 g/mol. The fraction of sp³-hybridized carbons (Fsp3) is 0.0800. The maximum atomic E-state index is 12.3. The van der Waals surface area contributed by atoms with E-state index in [0.717, 1.165) is 16.9 Å². The van der Waals surface area contributed by atoms with Crippen molar-refractivity contribution in [1.29, 1.82) is 0 Å². The summed E-state index contributed by atoms with van der Waals surface area (Å²) in [7, 11) is 1.60. The summed E-state index contributed by atoms with van der Waals surface area (Å²) in [6.07, 6.45) is 3.36. The van der Waals surface area contributed by atoms with Crippen molar-refractivity contribution in [2.24, 2.45) is 0 Å². The minimum atomic E-state index is -0.356. The molecular formula is C25H23N3O3S. The van der Waals surface area contributed by atoms with Gasteiger partial charge in [-0.1, -0.05) is 48.5 Å². The fourth-order valence-corrected chi connectivity index (χ4v) is 3.08. The summed E-state index contributed by atoms with van der Waals surface area (Å²) >= 11 is 5.21. The molecule has 0 saturated heterocycles. The maximum absolute atomic E-state index is 12.3. The molecule has 2 amide bonds. The Morgan fingerprint density at radius 1 is 0.906 bits per heavy atom. The average molecular weight is 446 g/mol. The first-order valence-electron chi connectivity index (χ1n) is 9.90. The molecule has 0 atom stereocenters. The van der Waals surface area contributed by atoms with E-state index in [1.54, 1.807) is 37.5 Å². The van der Waals surface area contributed by atoms with Gasteiger partial charge in [0.25, 0.3) is 0 Å². The first kappa shape index (κ1) is 22.7. The van der Waals surface area contributed by atoms with Gasteiger partial charge in [0, 0.05) is 17.5 Å². The SMILES string of the molecule is COc1ccc(/C=C/C(=O)NC(=S)Nc2cccc(NC(=O)Cc3ccccc3)c2)cc1. The van der Waals surface area contributed by atoms with E-state index in [4.69, 9.17) is 17.0 Å². The minimum Gasteiger partial charge on any atom is -0.497 e. The van der Waals surface area contributed by atoms with Crippen LogP contribution in [-0.4, -0.2) is 24.0 Å². The lowest BCUT2D eigenvalue weighted by Gasteiger charge is -2.11. The van der Waals surface area contributed by atoms with E-state index in [0.29, 0.717) is 11.4 Å². The van der Waals surface area contributed by atoms with Crippen molar-refractivity contribution in [2.45, 2.75) is 6.42 Å². The van der Waals surface area contributed by atoms with Crippen molar-refractivity contribution < 1.29 is 14.3 Å². The van der Waals surface area contributed by atoms with Gasteiger partial charge >= 0.3 is 0 Å². The molecule has 3 rings (SSSR count). The molecule has 3 aromatic carbocycles. The summed E-state index contributed by atoms with van der Waals surface area (Å²) in [6, 6.07) is 23.9. The second-order valence-corrected chi connectivity index (χ2v) is 7.25. The number of hydrogen-bond donors (Lipinski definition) is 3. The minimum absolute atomic E-state index is 0.118. The molecule has 0 aliphatic carbocycles. The van der Waals surface area contributed by atoms with Crippen molar-refractivity contribution in [3.05, 3.63) is 96.1 Å². The number of carbonyl (C=O) groups excluding carboxylic acids is 2. The van der Waals surface area contributed by atoms with Crippen molar-refractivity contribution in [3.8, 4) is 5.75 Å². The molecule has 6 nitrogen and oxygen atoms in total. The third-order valence-corrected chi connectivity index (χ3v) is 4.60. The van der Waals surface area contributed by atoms with E-state index in [1.807, 2.05) is 54.6 Å². The zero-order valence-corrected chi connectivity index (χ0v) is 18.3. The highest BCUT2D eigenvalue weighted by molar-refractivity contribution is 7.80. The summed E-state index contributed by atoms with van der Waals surface area (Å²) in [5, 5.41) is 8.56. The normalized spacial score (nSPS) is 10.4. The average Bonchev–Trinajstić information content (AvgIpc) is 2.78. The monoisotopic (exact) mass is 445 g/mol. The molecule has 0 unspecified atom stereocenters. The molecule has 162 valence electrons. The number of nitrogens with one attached hydrogen (secondary N) is 3. The molecule has 0 fully saturated rings. The number of hydrogen-bond acceptors (Lipinski definition) is 4. The van der Waals surface area contributed by atoms with Crippen LogP contribution in [0.5, 0.6) is 5.75 Å². The highest BCUT2D eigenvalue weighted by atomic mass is 32.1. The molecule has 0 aliphatic rings. The zero-order valence-electron chi connectivity index (χ0n) is 17.5. The predicted molar refractivity (Wildman–Crippen MR) is 132 cm³/mol. The van der Waals surface area contributed by atoms with Crippen molar-refractivity contribution in [2.75, 3.05) is 17.7 Å². The summed E-state index contributed by atoms with van der Waals surface area (Å²) < 4.78 is 5.11. The number of thiocarbonyl (C=S) groups is 1. The Balaban J connectivity index is 1.50. The maximum Gasteiger partial charge on any atom is 0.250 e. The van der Waals surface area contributed by atoms with Crippen LogP contribution in [-0.2, 0) is 16.0 Å². The van der Waals surface area contributed by atoms with Gasteiger partial charge in [-0.15, -0.1) is 0 Å². The van der Waals surface area contributed by atoms with E-state index in [9.17, 15) is 9.59 Å². The zero-order chi connectivity index (χ0) is 22.8. The lowest BCUT2D eigenvalue weighted by Crippen LogP contribution is -2.32. The van der Waals surface area contributed by atoms with Crippen LogP contribution in [0.4, 0.5) is 11.4 Å². The standard InChI is InChI=1S/C25H23N3O3S/c1-31-22-13-10-18(11-14-22)12-15-23(29)28-25(32)27-21-9-5-8-20(17-21)26-24(30)16-19-6-3-2-4-7-19/h2-15,17H,16H2,1H3,(H,26,30)(H2,27,28,29,32)/b15-12+. The molecule has 0 bridgehead atoms. The molecule has 32 heavy (non-hydrogen) atoms. The van der Waals surface area contributed by atoms with Crippen LogP contribution >= 0.6 is 12.2 Å². The van der Waals surface area contributed by atoms with E-state index in [2.05, 4.69) is 16.0 Å². The predicted octanol–water partition coefficient (Wildman–Crippen LogP) is 4.40. The topological polar surface area (TPSA) is 79.5 Å². The summed E-state index contributed by atoms with van der Waals surface area (Å²) in [5.41, 5.74) is 3.07. The van der Waals surface area contributed by atoms with Crippen LogP contribution in [0.3, 0.4) is 0 Å². The first-order valence-corrected chi connectivity index (χ1v) is 10.3. The largest absolute Gasteiger partial charge is 0.497 e. The van der Waals surface area contributed by atoms with Crippen molar-refractivity contribution >= 4 is 46.6 Å². The van der Waals surface area contributed by atoms with E-state index in [-0.39, 0.29) is 23.3 Å². The molecule has 0 saturated carbocycles. The number of amides is 2. The van der Waals surface area contributed by atoms with Gasteiger partial charge in [0.15, 0.2) is 5.11 Å². The van der Waals surface area contributed by atoms with Crippen LogP contribution in [0.1, 0.15) is 11.1 Å². The summed E-state index contributed by atoms with van der Waals surface area (Å²) in [6.45, 7) is 0. The van der Waals surface area contributed by atoms with Crippen LogP contribution in [0, 0.1) is 0 Å². The highest BCUT2D eigenvalue weighted by Crippen LogP contribution is 2.16. The van der Waals surface area contributed by atoms with Gasteiger partial charge in [0.1, 0.15) is 5.75 Å². The van der Waals surface area contributed by atoms with E-state index >= 15 is 0 Å². The smallest absolute Gasteiger partial charge is 0.250 e. The molecule has 3 aromatic rings. The van der Waals surface area contributed by atoms with Gasteiger partial charge in [0.2, 0.25) is 11.8 Å². The van der Waals surface area contributed by atoms with Crippen LogP contribution in [0.2, 0.25) is 0 Å². The Kier molecular flexibility index (Phi) is 8.11. The first-order chi connectivity index (χ1) is 15.5. The molecule has 0 aliphatic heterocycles. The van der Waals surface area contributed by atoms with Crippen LogP contribution < -0.4 is 20.7 Å². The third-order valence-electron chi connectivity index (χ3n) is 4.39. The lowest BCUT2D eigenvalue weighted by molar-refractivity contribution is -0.116. The van der Waals surface area contributed by atoms with Crippen molar-refractivity contribution in [1.82, 2.24) is 5.32 Å². The second-order valence-electron chi connectivity index (χ2n) is 6.84. The Morgan fingerprint density at radius 2 is 1.59 bits per heavy atom. The number of anilines is 2. The molecule has 0 spiro atoms.